The molecule has 1 heterocycles. The number of rotatable bonds is 1. The number of ketones is 2. The molecule has 4 rings (SSSR count). The summed E-state index contributed by atoms with van der Waals surface area (Å²) >= 11 is 0. The molecule has 0 bridgehead atoms. The van der Waals surface area contributed by atoms with Crippen LogP contribution in [0.5, 0.6) is 0 Å². The quantitative estimate of drug-likeness (QED) is 0.659. The van der Waals surface area contributed by atoms with Gasteiger partial charge in [0, 0.05) is 12.0 Å². The average molecular weight is 358 g/mol. The predicted octanol–water partition coefficient (Wildman–Crippen LogP) is 4.20. The Morgan fingerprint density at radius 2 is 1.88 bits per heavy atom. The molecule has 26 heavy (non-hydrogen) atoms. The van der Waals surface area contributed by atoms with Gasteiger partial charge in [-0.15, -0.1) is 0 Å². The molecule has 2 saturated carbocycles. The van der Waals surface area contributed by atoms with Crippen molar-refractivity contribution in [2.24, 2.45) is 28.6 Å². The fourth-order valence-electron chi connectivity index (χ4n) is 6.22. The van der Waals surface area contributed by atoms with Gasteiger partial charge in [0.15, 0.2) is 11.5 Å². The molecule has 0 spiro atoms. The third-order valence-electron chi connectivity index (χ3n) is 8.01. The van der Waals surface area contributed by atoms with Crippen LogP contribution in [0, 0.1) is 28.6 Å². The summed E-state index contributed by atoms with van der Waals surface area (Å²) < 4.78 is 11.5. The highest BCUT2D eigenvalue weighted by Crippen LogP contribution is 2.63. The van der Waals surface area contributed by atoms with Crippen molar-refractivity contribution in [3.63, 3.8) is 0 Å². The molecular formula is C22H30O4. The number of carbonyl (C=O) groups excluding carboxylic acids is 2. The molecule has 0 aromatic carbocycles. The van der Waals surface area contributed by atoms with Crippen molar-refractivity contribution in [3.8, 4) is 0 Å². The highest BCUT2D eigenvalue weighted by Gasteiger charge is 2.59. The summed E-state index contributed by atoms with van der Waals surface area (Å²) in [4.78, 5) is 25.6. The topological polar surface area (TPSA) is 52.6 Å². The van der Waals surface area contributed by atoms with Crippen LogP contribution in [0.25, 0.3) is 0 Å². The minimum absolute atomic E-state index is 0.0301. The fraction of sp³-hybridized carbons (Fsp3) is 0.727. The molecule has 3 aliphatic carbocycles. The van der Waals surface area contributed by atoms with Crippen LogP contribution in [-0.2, 0) is 19.1 Å². The molecule has 5 atom stereocenters. The summed E-state index contributed by atoms with van der Waals surface area (Å²) in [5.74, 6) is 1.50. The van der Waals surface area contributed by atoms with Crippen LogP contribution >= 0.6 is 0 Å². The summed E-state index contributed by atoms with van der Waals surface area (Å²) in [5, 5.41) is 0. The fourth-order valence-corrected chi connectivity index (χ4v) is 6.22. The van der Waals surface area contributed by atoms with E-state index in [-0.39, 0.29) is 34.3 Å². The molecule has 1 aliphatic heterocycles. The second kappa shape index (κ2) is 5.71. The van der Waals surface area contributed by atoms with Crippen molar-refractivity contribution in [2.75, 3.05) is 7.11 Å². The highest BCUT2D eigenvalue weighted by atomic mass is 16.5. The van der Waals surface area contributed by atoms with E-state index in [0.29, 0.717) is 35.5 Å². The first kappa shape index (κ1) is 17.8. The molecular weight excluding hydrogens is 328 g/mol. The van der Waals surface area contributed by atoms with E-state index in [0.717, 1.165) is 12.8 Å². The van der Waals surface area contributed by atoms with Crippen molar-refractivity contribution in [3.05, 3.63) is 23.2 Å². The van der Waals surface area contributed by atoms with E-state index in [1.165, 1.54) is 26.0 Å². The van der Waals surface area contributed by atoms with Crippen molar-refractivity contribution in [2.45, 2.75) is 65.9 Å². The standard InChI is InChI=1S/C22H30O4/c1-12-6-7-14-18-16(8-9-21(14,2)3)26-20-13(11-22(12,18)4)19(24)17(25-5)10-15(20)23/h10,12,14,16,18H,6-9,11H2,1-5H3. The van der Waals surface area contributed by atoms with E-state index in [2.05, 4.69) is 27.7 Å². The summed E-state index contributed by atoms with van der Waals surface area (Å²) in [7, 11) is 1.45. The molecule has 142 valence electrons. The third-order valence-corrected chi connectivity index (χ3v) is 8.01. The molecule has 4 nitrogen and oxygen atoms in total. The summed E-state index contributed by atoms with van der Waals surface area (Å²) in [6.07, 6.45) is 6.38. The number of ether oxygens (including phenoxy) is 2. The van der Waals surface area contributed by atoms with Gasteiger partial charge in [0.25, 0.3) is 0 Å². The van der Waals surface area contributed by atoms with E-state index >= 15 is 0 Å². The van der Waals surface area contributed by atoms with E-state index in [9.17, 15) is 9.59 Å². The maximum absolute atomic E-state index is 12.9. The Kier molecular flexibility index (Phi) is 3.91. The number of hydrogen-bond acceptors (Lipinski definition) is 4. The van der Waals surface area contributed by atoms with Crippen LogP contribution in [0.1, 0.15) is 59.8 Å². The van der Waals surface area contributed by atoms with Crippen LogP contribution in [0.3, 0.4) is 0 Å². The Bertz CT molecular complexity index is 728. The van der Waals surface area contributed by atoms with Gasteiger partial charge in [0.1, 0.15) is 6.10 Å². The Morgan fingerprint density at radius 3 is 2.58 bits per heavy atom. The minimum Gasteiger partial charge on any atom is -0.493 e. The Balaban J connectivity index is 1.82. The molecule has 0 saturated heterocycles. The van der Waals surface area contributed by atoms with Crippen molar-refractivity contribution < 1.29 is 19.1 Å². The molecule has 4 aliphatic rings. The lowest BCUT2D eigenvalue weighted by atomic mass is 9.47. The van der Waals surface area contributed by atoms with E-state index in [1.54, 1.807) is 0 Å². The van der Waals surface area contributed by atoms with Gasteiger partial charge >= 0.3 is 0 Å². The lowest BCUT2D eigenvalue weighted by molar-refractivity contribution is -0.142. The second-order valence-corrected chi connectivity index (χ2v) is 9.69. The van der Waals surface area contributed by atoms with Gasteiger partial charge < -0.3 is 9.47 Å². The number of carbonyl (C=O) groups is 2. The molecule has 4 heteroatoms. The predicted molar refractivity (Wildman–Crippen MR) is 98.1 cm³/mol. The van der Waals surface area contributed by atoms with Gasteiger partial charge in [0.2, 0.25) is 11.6 Å². The zero-order valence-corrected chi connectivity index (χ0v) is 16.6. The Morgan fingerprint density at radius 1 is 1.15 bits per heavy atom. The molecule has 0 amide bonds. The number of allylic oxidation sites excluding steroid dienone is 2. The lowest BCUT2D eigenvalue weighted by Crippen LogP contribution is -2.55. The summed E-state index contributed by atoms with van der Waals surface area (Å²) in [6, 6.07) is 0. The molecule has 5 unspecified atom stereocenters. The first-order valence-electron chi connectivity index (χ1n) is 9.93. The number of hydrogen-bond donors (Lipinski definition) is 0. The molecule has 0 aromatic heterocycles. The van der Waals surface area contributed by atoms with Crippen molar-refractivity contribution in [1.82, 2.24) is 0 Å². The van der Waals surface area contributed by atoms with Crippen LogP contribution in [0.15, 0.2) is 23.2 Å². The largest absolute Gasteiger partial charge is 0.493 e. The van der Waals surface area contributed by atoms with E-state index in [4.69, 9.17) is 9.47 Å². The number of methoxy groups -OCH3 is 1. The van der Waals surface area contributed by atoms with Crippen LogP contribution < -0.4 is 0 Å². The lowest BCUT2D eigenvalue weighted by Gasteiger charge is -2.58. The third kappa shape index (κ3) is 2.33. The van der Waals surface area contributed by atoms with Crippen LogP contribution in [-0.4, -0.2) is 24.8 Å². The monoisotopic (exact) mass is 358 g/mol. The van der Waals surface area contributed by atoms with Gasteiger partial charge in [-0.2, -0.15) is 0 Å². The maximum atomic E-state index is 12.9. The molecule has 0 aromatic rings. The normalized spacial score (nSPS) is 41.5. The summed E-state index contributed by atoms with van der Waals surface area (Å²) in [6.45, 7) is 9.39. The molecule has 2 fully saturated rings. The smallest absolute Gasteiger partial charge is 0.227 e. The minimum atomic E-state index is -0.215. The molecule has 0 N–H and O–H groups in total. The highest BCUT2D eigenvalue weighted by molar-refractivity contribution is 6.21. The van der Waals surface area contributed by atoms with E-state index in [1.807, 2.05) is 0 Å². The van der Waals surface area contributed by atoms with Gasteiger partial charge in [-0.1, -0.05) is 27.7 Å². The number of Topliss-reactive ketones (excluding diaryl/α,β-unsaturated/α-hetero) is 1. The first-order chi connectivity index (χ1) is 12.2. The van der Waals surface area contributed by atoms with Crippen LogP contribution in [0.2, 0.25) is 0 Å². The average Bonchev–Trinajstić information content (AvgIpc) is 2.72. The van der Waals surface area contributed by atoms with Gasteiger partial charge in [-0.3, -0.25) is 9.59 Å². The zero-order chi connectivity index (χ0) is 18.9. The van der Waals surface area contributed by atoms with Gasteiger partial charge in [-0.25, -0.2) is 0 Å². The first-order valence-corrected chi connectivity index (χ1v) is 9.93. The summed E-state index contributed by atoms with van der Waals surface area (Å²) in [5.41, 5.74) is 0.784. The van der Waals surface area contributed by atoms with Crippen molar-refractivity contribution >= 4 is 11.6 Å². The maximum Gasteiger partial charge on any atom is 0.227 e. The molecule has 0 radical (unpaired) electrons. The Hall–Kier alpha value is -1.58. The Labute approximate surface area is 156 Å². The SMILES string of the molecule is COC1=CC(=O)C2=C(CC3(C)C(C)CCC4C3C(CCC4(C)C)O2)C1=O. The van der Waals surface area contributed by atoms with Gasteiger partial charge in [0.05, 0.1) is 12.7 Å². The van der Waals surface area contributed by atoms with Crippen LogP contribution in [0.4, 0.5) is 0 Å². The van der Waals surface area contributed by atoms with E-state index < -0.39 is 0 Å². The van der Waals surface area contributed by atoms with Gasteiger partial charge in [-0.05, 0) is 54.8 Å². The zero-order valence-electron chi connectivity index (χ0n) is 16.6. The van der Waals surface area contributed by atoms with Crippen molar-refractivity contribution in [1.29, 1.82) is 0 Å². The second-order valence-electron chi connectivity index (χ2n) is 9.69.